The van der Waals surface area contributed by atoms with Crippen LogP contribution in [0, 0.1) is 5.82 Å². The van der Waals surface area contributed by atoms with E-state index in [0.717, 1.165) is 55.0 Å². The summed E-state index contributed by atoms with van der Waals surface area (Å²) in [6.45, 7) is 5.58. The first-order valence-corrected chi connectivity index (χ1v) is 9.97. The molecule has 1 aliphatic rings. The summed E-state index contributed by atoms with van der Waals surface area (Å²) in [6.07, 6.45) is 4.05. The van der Waals surface area contributed by atoms with Gasteiger partial charge in [-0.25, -0.2) is 4.39 Å². The number of rotatable bonds is 6. The van der Waals surface area contributed by atoms with Gasteiger partial charge in [0.25, 0.3) is 0 Å². The van der Waals surface area contributed by atoms with Crippen LogP contribution >= 0.6 is 0 Å². The van der Waals surface area contributed by atoms with Gasteiger partial charge in [-0.2, -0.15) is 5.10 Å². The van der Waals surface area contributed by atoms with Crippen LogP contribution in [0.15, 0.2) is 54.7 Å². The number of aromatic amines is 1. The Balaban J connectivity index is 1.52. The fraction of sp³-hybridized carbons (Fsp3) is 0.348. The monoisotopic (exact) mass is 379 g/mol. The molecule has 1 aromatic heterocycles. The first-order valence-electron chi connectivity index (χ1n) is 9.97. The smallest absolute Gasteiger partial charge is 0.123 e. The lowest BCUT2D eigenvalue weighted by Gasteiger charge is -2.33. The van der Waals surface area contributed by atoms with Crippen LogP contribution in [0.25, 0.3) is 11.1 Å². The summed E-state index contributed by atoms with van der Waals surface area (Å²) < 4.78 is 19.5. The highest BCUT2D eigenvalue weighted by atomic mass is 19.1. The predicted molar refractivity (Wildman–Crippen MR) is 109 cm³/mol. The van der Waals surface area contributed by atoms with Crippen molar-refractivity contribution in [3.8, 4) is 16.9 Å². The van der Waals surface area contributed by atoms with Gasteiger partial charge in [0.05, 0.1) is 12.8 Å². The van der Waals surface area contributed by atoms with Crippen molar-refractivity contribution in [3.05, 3.63) is 71.8 Å². The van der Waals surface area contributed by atoms with Crippen LogP contribution in [0.1, 0.15) is 36.9 Å². The summed E-state index contributed by atoms with van der Waals surface area (Å²) in [5, 5.41) is 7.45. The molecule has 4 rings (SSSR count). The number of H-pyrrole nitrogens is 1. The van der Waals surface area contributed by atoms with E-state index in [-0.39, 0.29) is 5.82 Å². The van der Waals surface area contributed by atoms with Gasteiger partial charge in [-0.15, -0.1) is 0 Å². The van der Waals surface area contributed by atoms with Gasteiger partial charge < -0.3 is 4.74 Å². The summed E-state index contributed by atoms with van der Waals surface area (Å²) in [5.41, 5.74) is 4.21. The van der Waals surface area contributed by atoms with E-state index >= 15 is 0 Å². The third kappa shape index (κ3) is 4.09. The van der Waals surface area contributed by atoms with E-state index in [0.29, 0.717) is 12.5 Å². The number of ether oxygens (including phenoxy) is 1. The number of benzene rings is 2. The van der Waals surface area contributed by atoms with Crippen LogP contribution in [0.4, 0.5) is 4.39 Å². The molecule has 1 aliphatic heterocycles. The maximum absolute atomic E-state index is 13.7. The zero-order valence-corrected chi connectivity index (χ0v) is 16.2. The molecule has 1 fully saturated rings. The number of likely N-dealkylation sites (tertiary alicyclic amines) is 1. The van der Waals surface area contributed by atoms with Crippen molar-refractivity contribution in [2.45, 2.75) is 32.2 Å². The minimum Gasteiger partial charge on any atom is -0.494 e. The Morgan fingerprint density at radius 2 is 2.11 bits per heavy atom. The van der Waals surface area contributed by atoms with Crippen LogP contribution in [-0.2, 0) is 6.54 Å². The molecule has 1 atom stereocenters. The van der Waals surface area contributed by atoms with Gasteiger partial charge in [0.15, 0.2) is 0 Å². The first kappa shape index (κ1) is 18.7. The topological polar surface area (TPSA) is 41.1 Å². The van der Waals surface area contributed by atoms with Crippen molar-refractivity contribution in [2.75, 3.05) is 19.7 Å². The van der Waals surface area contributed by atoms with Gasteiger partial charge in [-0.1, -0.05) is 30.3 Å². The maximum atomic E-state index is 13.7. The lowest BCUT2D eigenvalue weighted by atomic mass is 9.90. The van der Waals surface area contributed by atoms with Crippen molar-refractivity contribution in [2.24, 2.45) is 0 Å². The SMILES string of the molecule is CCOc1ccccc1CN1CCC[C@H](c2[nH]ncc2-c2cccc(F)c2)C1. The van der Waals surface area contributed by atoms with Crippen molar-refractivity contribution in [1.29, 1.82) is 0 Å². The molecule has 2 heterocycles. The molecule has 1 saturated heterocycles. The molecule has 5 heteroatoms. The quantitative estimate of drug-likeness (QED) is 0.656. The Morgan fingerprint density at radius 3 is 2.96 bits per heavy atom. The van der Waals surface area contributed by atoms with Crippen molar-refractivity contribution in [3.63, 3.8) is 0 Å². The molecule has 0 bridgehead atoms. The molecule has 0 radical (unpaired) electrons. The highest BCUT2D eigenvalue weighted by Gasteiger charge is 2.25. The number of aromatic nitrogens is 2. The number of nitrogens with one attached hydrogen (secondary N) is 1. The molecular formula is C23H26FN3O. The average molecular weight is 379 g/mol. The van der Waals surface area contributed by atoms with E-state index < -0.39 is 0 Å². The fourth-order valence-corrected chi connectivity index (χ4v) is 4.10. The average Bonchev–Trinajstić information content (AvgIpc) is 3.20. The Hall–Kier alpha value is -2.66. The molecule has 0 unspecified atom stereocenters. The number of hydrogen-bond acceptors (Lipinski definition) is 3. The second-order valence-corrected chi connectivity index (χ2v) is 7.32. The normalized spacial score (nSPS) is 17.6. The van der Waals surface area contributed by atoms with E-state index in [2.05, 4.69) is 27.2 Å². The minimum atomic E-state index is -0.220. The molecule has 0 aliphatic carbocycles. The van der Waals surface area contributed by atoms with Crippen molar-refractivity contribution < 1.29 is 9.13 Å². The molecule has 1 N–H and O–H groups in total. The number of hydrogen-bond donors (Lipinski definition) is 1. The number of para-hydroxylation sites is 1. The Kier molecular flexibility index (Phi) is 5.72. The fourth-order valence-electron chi connectivity index (χ4n) is 4.10. The summed E-state index contributed by atoms with van der Waals surface area (Å²) in [5.74, 6) is 1.10. The molecular weight excluding hydrogens is 353 g/mol. The molecule has 0 saturated carbocycles. The second kappa shape index (κ2) is 8.57. The number of halogens is 1. The minimum absolute atomic E-state index is 0.220. The largest absolute Gasteiger partial charge is 0.494 e. The van der Waals surface area contributed by atoms with Gasteiger partial charge >= 0.3 is 0 Å². The number of piperidine rings is 1. The summed E-state index contributed by atoms with van der Waals surface area (Å²) in [6, 6.07) is 15.0. The Labute approximate surface area is 165 Å². The first-order chi connectivity index (χ1) is 13.7. The van der Waals surface area contributed by atoms with E-state index in [1.807, 2.05) is 31.3 Å². The predicted octanol–water partition coefficient (Wildman–Crippen LogP) is 4.99. The summed E-state index contributed by atoms with van der Waals surface area (Å²) in [7, 11) is 0. The Bertz CT molecular complexity index is 923. The van der Waals surface area contributed by atoms with Crippen LogP contribution in [0.2, 0.25) is 0 Å². The highest BCUT2D eigenvalue weighted by Crippen LogP contribution is 2.34. The number of nitrogens with zero attached hydrogens (tertiary/aromatic N) is 2. The standard InChI is InChI=1S/C23H26FN3O/c1-2-28-22-11-4-3-7-18(22)15-27-12-6-9-19(16-27)23-21(14-25-26-23)17-8-5-10-20(24)13-17/h3-5,7-8,10-11,13-14,19H,2,6,9,12,15-16H2,1H3,(H,25,26)/t19-/m0/s1. The highest BCUT2D eigenvalue weighted by molar-refractivity contribution is 5.65. The maximum Gasteiger partial charge on any atom is 0.123 e. The van der Waals surface area contributed by atoms with Crippen molar-refractivity contribution >= 4 is 0 Å². The summed E-state index contributed by atoms with van der Waals surface area (Å²) in [4.78, 5) is 2.47. The van der Waals surface area contributed by atoms with Crippen LogP contribution in [0.3, 0.4) is 0 Å². The molecule has 2 aromatic carbocycles. The second-order valence-electron chi connectivity index (χ2n) is 7.32. The van der Waals surface area contributed by atoms with Gasteiger partial charge in [-0.05, 0) is 50.1 Å². The van der Waals surface area contributed by atoms with Crippen LogP contribution in [0.5, 0.6) is 5.75 Å². The molecule has 4 nitrogen and oxygen atoms in total. The molecule has 28 heavy (non-hydrogen) atoms. The van der Waals surface area contributed by atoms with Gasteiger partial charge in [0, 0.05) is 35.8 Å². The zero-order valence-electron chi connectivity index (χ0n) is 16.2. The summed E-state index contributed by atoms with van der Waals surface area (Å²) >= 11 is 0. The zero-order chi connectivity index (χ0) is 19.3. The van der Waals surface area contributed by atoms with Crippen molar-refractivity contribution in [1.82, 2.24) is 15.1 Å². The van der Waals surface area contributed by atoms with E-state index in [9.17, 15) is 4.39 Å². The molecule has 0 spiro atoms. The Morgan fingerprint density at radius 1 is 1.21 bits per heavy atom. The van der Waals surface area contributed by atoms with E-state index in [1.54, 1.807) is 12.1 Å². The third-order valence-corrected chi connectivity index (χ3v) is 5.38. The van der Waals surface area contributed by atoms with Gasteiger partial charge in [0.2, 0.25) is 0 Å². The molecule has 3 aromatic rings. The van der Waals surface area contributed by atoms with Gasteiger partial charge in [0.1, 0.15) is 11.6 Å². The van der Waals surface area contributed by atoms with Crippen LogP contribution in [-0.4, -0.2) is 34.8 Å². The van der Waals surface area contributed by atoms with Crippen LogP contribution < -0.4 is 4.74 Å². The lowest BCUT2D eigenvalue weighted by molar-refractivity contribution is 0.195. The molecule has 0 amide bonds. The van der Waals surface area contributed by atoms with E-state index in [1.165, 1.54) is 11.6 Å². The third-order valence-electron chi connectivity index (χ3n) is 5.38. The molecule has 146 valence electrons. The lowest BCUT2D eigenvalue weighted by Crippen LogP contribution is -2.34. The van der Waals surface area contributed by atoms with E-state index in [4.69, 9.17) is 4.74 Å². The van der Waals surface area contributed by atoms with Gasteiger partial charge in [-0.3, -0.25) is 10.00 Å².